The lowest BCUT2D eigenvalue weighted by Crippen LogP contribution is -2.30. The first kappa shape index (κ1) is 12.9. The SMILES string of the molecule is CC(O)C1CCN(CCOC(C)(C)C)C1. The zero-order chi connectivity index (χ0) is 11.5. The van der Waals surface area contributed by atoms with E-state index in [9.17, 15) is 5.11 Å². The van der Waals surface area contributed by atoms with Gasteiger partial charge in [0.15, 0.2) is 0 Å². The standard InChI is InChI=1S/C12H25NO2/c1-10(14)11-5-6-13(9-11)7-8-15-12(2,3)4/h10-11,14H,5-9H2,1-4H3. The summed E-state index contributed by atoms with van der Waals surface area (Å²) < 4.78 is 5.68. The summed E-state index contributed by atoms with van der Waals surface area (Å²) in [5, 5.41) is 9.47. The Morgan fingerprint density at radius 3 is 2.60 bits per heavy atom. The molecule has 1 heterocycles. The number of hydrogen-bond acceptors (Lipinski definition) is 3. The second kappa shape index (κ2) is 5.28. The lowest BCUT2D eigenvalue weighted by Gasteiger charge is -2.22. The molecule has 1 rings (SSSR count). The van der Waals surface area contributed by atoms with E-state index in [1.807, 2.05) is 6.92 Å². The number of aliphatic hydroxyl groups is 1. The van der Waals surface area contributed by atoms with E-state index in [4.69, 9.17) is 4.74 Å². The van der Waals surface area contributed by atoms with E-state index in [0.29, 0.717) is 5.92 Å². The second-order valence-corrected chi connectivity index (χ2v) is 5.55. The van der Waals surface area contributed by atoms with Gasteiger partial charge in [0.25, 0.3) is 0 Å². The first-order chi connectivity index (χ1) is 6.88. The maximum absolute atomic E-state index is 9.47. The van der Waals surface area contributed by atoms with Crippen LogP contribution in [0.25, 0.3) is 0 Å². The van der Waals surface area contributed by atoms with Gasteiger partial charge in [0.2, 0.25) is 0 Å². The minimum atomic E-state index is -0.168. The van der Waals surface area contributed by atoms with Gasteiger partial charge in [-0.3, -0.25) is 0 Å². The minimum absolute atomic E-state index is 0.0383. The van der Waals surface area contributed by atoms with Crippen molar-refractivity contribution in [3.8, 4) is 0 Å². The van der Waals surface area contributed by atoms with Crippen LogP contribution < -0.4 is 0 Å². The third-order valence-electron chi connectivity index (χ3n) is 2.93. The van der Waals surface area contributed by atoms with Gasteiger partial charge in [-0.25, -0.2) is 0 Å². The molecular formula is C12H25NO2. The van der Waals surface area contributed by atoms with Crippen LogP contribution >= 0.6 is 0 Å². The third kappa shape index (κ3) is 4.96. The van der Waals surface area contributed by atoms with Crippen LogP contribution in [-0.4, -0.2) is 48.0 Å². The van der Waals surface area contributed by atoms with Crippen molar-refractivity contribution in [2.75, 3.05) is 26.2 Å². The molecule has 0 aromatic rings. The molecule has 0 radical (unpaired) electrons. The smallest absolute Gasteiger partial charge is 0.0600 e. The lowest BCUT2D eigenvalue weighted by molar-refractivity contribution is -0.0118. The second-order valence-electron chi connectivity index (χ2n) is 5.55. The van der Waals surface area contributed by atoms with Crippen LogP contribution in [0.5, 0.6) is 0 Å². The van der Waals surface area contributed by atoms with Crippen LogP contribution in [0.15, 0.2) is 0 Å². The fourth-order valence-corrected chi connectivity index (χ4v) is 1.94. The topological polar surface area (TPSA) is 32.7 Å². The molecule has 90 valence electrons. The fraction of sp³-hybridized carbons (Fsp3) is 1.00. The third-order valence-corrected chi connectivity index (χ3v) is 2.93. The van der Waals surface area contributed by atoms with Crippen LogP contribution in [0.1, 0.15) is 34.1 Å². The molecule has 2 atom stereocenters. The fourth-order valence-electron chi connectivity index (χ4n) is 1.94. The van der Waals surface area contributed by atoms with Crippen molar-refractivity contribution in [2.45, 2.75) is 45.8 Å². The molecule has 0 aliphatic carbocycles. The number of ether oxygens (including phenoxy) is 1. The highest BCUT2D eigenvalue weighted by Gasteiger charge is 2.25. The van der Waals surface area contributed by atoms with E-state index in [1.54, 1.807) is 0 Å². The summed E-state index contributed by atoms with van der Waals surface area (Å²) in [5.41, 5.74) is -0.0383. The molecule has 0 saturated carbocycles. The number of rotatable bonds is 4. The number of hydrogen-bond donors (Lipinski definition) is 1. The molecule has 0 aromatic heterocycles. The van der Waals surface area contributed by atoms with Crippen molar-refractivity contribution in [3.05, 3.63) is 0 Å². The molecule has 3 nitrogen and oxygen atoms in total. The van der Waals surface area contributed by atoms with Crippen molar-refractivity contribution < 1.29 is 9.84 Å². The lowest BCUT2D eigenvalue weighted by atomic mass is 10.0. The summed E-state index contributed by atoms with van der Waals surface area (Å²) >= 11 is 0. The van der Waals surface area contributed by atoms with E-state index in [1.165, 1.54) is 0 Å². The monoisotopic (exact) mass is 215 g/mol. The zero-order valence-electron chi connectivity index (χ0n) is 10.5. The molecule has 0 aromatic carbocycles. The first-order valence-corrected chi connectivity index (χ1v) is 5.93. The zero-order valence-corrected chi connectivity index (χ0v) is 10.5. The van der Waals surface area contributed by atoms with E-state index < -0.39 is 0 Å². The molecule has 2 unspecified atom stereocenters. The molecule has 1 aliphatic heterocycles. The van der Waals surface area contributed by atoms with Gasteiger partial charge < -0.3 is 14.7 Å². The van der Waals surface area contributed by atoms with Gasteiger partial charge in [-0.1, -0.05) is 0 Å². The quantitative estimate of drug-likeness (QED) is 0.771. The van der Waals surface area contributed by atoms with E-state index in [2.05, 4.69) is 25.7 Å². The summed E-state index contributed by atoms with van der Waals surface area (Å²) in [6.45, 7) is 12.0. The molecule has 1 aliphatic rings. The van der Waals surface area contributed by atoms with E-state index in [0.717, 1.165) is 32.7 Å². The highest BCUT2D eigenvalue weighted by Crippen LogP contribution is 2.19. The highest BCUT2D eigenvalue weighted by atomic mass is 16.5. The van der Waals surface area contributed by atoms with E-state index >= 15 is 0 Å². The van der Waals surface area contributed by atoms with Crippen molar-refractivity contribution >= 4 is 0 Å². The summed E-state index contributed by atoms with van der Waals surface area (Å²) in [6, 6.07) is 0. The van der Waals surface area contributed by atoms with Crippen LogP contribution in [0, 0.1) is 5.92 Å². The van der Waals surface area contributed by atoms with Crippen molar-refractivity contribution in [3.63, 3.8) is 0 Å². The Morgan fingerprint density at radius 1 is 1.47 bits per heavy atom. The van der Waals surface area contributed by atoms with Crippen molar-refractivity contribution in [1.82, 2.24) is 4.90 Å². The van der Waals surface area contributed by atoms with Gasteiger partial charge in [-0.15, -0.1) is 0 Å². The predicted octanol–water partition coefficient (Wildman–Crippen LogP) is 1.50. The average Bonchev–Trinajstić information content (AvgIpc) is 2.50. The molecular weight excluding hydrogens is 190 g/mol. The Hall–Kier alpha value is -0.120. The molecule has 0 spiro atoms. The maximum atomic E-state index is 9.47. The molecule has 1 fully saturated rings. The molecule has 1 saturated heterocycles. The Labute approximate surface area is 93.4 Å². The van der Waals surface area contributed by atoms with Gasteiger partial charge >= 0.3 is 0 Å². The van der Waals surface area contributed by atoms with Crippen molar-refractivity contribution in [1.29, 1.82) is 0 Å². The van der Waals surface area contributed by atoms with Crippen molar-refractivity contribution in [2.24, 2.45) is 5.92 Å². The van der Waals surface area contributed by atoms with Gasteiger partial charge in [0.05, 0.1) is 18.3 Å². The molecule has 0 amide bonds. The summed E-state index contributed by atoms with van der Waals surface area (Å²) in [5.74, 6) is 0.458. The number of nitrogens with zero attached hydrogens (tertiary/aromatic N) is 1. The number of aliphatic hydroxyl groups excluding tert-OH is 1. The number of likely N-dealkylation sites (tertiary alicyclic amines) is 1. The van der Waals surface area contributed by atoms with Crippen LogP contribution in [0.4, 0.5) is 0 Å². The maximum Gasteiger partial charge on any atom is 0.0600 e. The minimum Gasteiger partial charge on any atom is -0.393 e. The molecule has 3 heteroatoms. The van der Waals surface area contributed by atoms with Gasteiger partial charge in [0.1, 0.15) is 0 Å². The van der Waals surface area contributed by atoms with Gasteiger partial charge in [-0.05, 0) is 46.6 Å². The normalized spacial score (nSPS) is 25.8. The average molecular weight is 215 g/mol. The highest BCUT2D eigenvalue weighted by molar-refractivity contribution is 4.78. The Balaban J connectivity index is 2.14. The van der Waals surface area contributed by atoms with E-state index in [-0.39, 0.29) is 11.7 Å². The Kier molecular flexibility index (Phi) is 4.56. The predicted molar refractivity (Wildman–Crippen MR) is 61.9 cm³/mol. The Morgan fingerprint density at radius 2 is 2.13 bits per heavy atom. The molecule has 15 heavy (non-hydrogen) atoms. The van der Waals surface area contributed by atoms with Crippen LogP contribution in [0.2, 0.25) is 0 Å². The first-order valence-electron chi connectivity index (χ1n) is 5.93. The molecule has 1 N–H and O–H groups in total. The van der Waals surface area contributed by atoms with Gasteiger partial charge in [0, 0.05) is 13.1 Å². The summed E-state index contributed by atoms with van der Waals surface area (Å²) in [6.07, 6.45) is 0.950. The molecule has 0 bridgehead atoms. The summed E-state index contributed by atoms with van der Waals surface area (Å²) in [7, 11) is 0. The Bertz CT molecular complexity index is 187. The summed E-state index contributed by atoms with van der Waals surface area (Å²) in [4.78, 5) is 2.38. The van der Waals surface area contributed by atoms with Crippen LogP contribution in [0.3, 0.4) is 0 Å². The van der Waals surface area contributed by atoms with Crippen LogP contribution in [-0.2, 0) is 4.74 Å². The largest absolute Gasteiger partial charge is 0.393 e. The van der Waals surface area contributed by atoms with Gasteiger partial charge in [-0.2, -0.15) is 0 Å².